The van der Waals surface area contributed by atoms with Crippen LogP contribution in [0.25, 0.3) is 0 Å². The quantitative estimate of drug-likeness (QED) is 0.808. The lowest BCUT2D eigenvalue weighted by Crippen LogP contribution is -2.50. The molecule has 1 fully saturated rings. The van der Waals surface area contributed by atoms with Gasteiger partial charge in [0.05, 0.1) is 6.42 Å². The van der Waals surface area contributed by atoms with Gasteiger partial charge in [0.2, 0.25) is 0 Å². The number of nitrogens with zero attached hydrogens (tertiary/aromatic N) is 3. The lowest BCUT2D eigenvalue weighted by molar-refractivity contribution is -0.138. The number of carboxylic acids is 1. The molecule has 1 N–H and O–H groups in total. The van der Waals surface area contributed by atoms with Crippen LogP contribution in [-0.2, 0) is 4.79 Å². The molecule has 1 heterocycles. The van der Waals surface area contributed by atoms with E-state index in [9.17, 15) is 9.59 Å². The first-order valence-corrected chi connectivity index (χ1v) is 7.77. The number of carboxylic acid groups (broad SMARTS) is 1. The van der Waals surface area contributed by atoms with E-state index in [4.69, 9.17) is 5.11 Å². The number of hydrogen-bond acceptors (Lipinski definition) is 3. The van der Waals surface area contributed by atoms with Crippen molar-refractivity contribution < 1.29 is 14.7 Å². The fourth-order valence-corrected chi connectivity index (χ4v) is 3.00. The molecule has 0 aromatic carbocycles. The fourth-order valence-electron chi connectivity index (χ4n) is 3.00. The van der Waals surface area contributed by atoms with E-state index in [-0.39, 0.29) is 18.5 Å². The maximum absolute atomic E-state index is 12.5. The van der Waals surface area contributed by atoms with E-state index in [2.05, 4.69) is 19.0 Å². The highest BCUT2D eigenvalue weighted by Gasteiger charge is 2.28. The maximum atomic E-state index is 12.5. The molecule has 0 saturated carbocycles. The summed E-state index contributed by atoms with van der Waals surface area (Å²) in [5.41, 5.74) is 0. The number of hydrogen-bond donors (Lipinski definition) is 1. The Morgan fingerprint density at radius 3 is 2.29 bits per heavy atom. The molecular formula is C15H29N3O3. The summed E-state index contributed by atoms with van der Waals surface area (Å²) in [5.74, 6) is -0.214. The molecule has 1 aliphatic heterocycles. The van der Waals surface area contributed by atoms with Gasteiger partial charge in [-0.2, -0.15) is 0 Å². The third-order valence-corrected chi connectivity index (χ3v) is 4.10. The van der Waals surface area contributed by atoms with Crippen molar-refractivity contribution in [3.63, 3.8) is 0 Å². The van der Waals surface area contributed by atoms with Gasteiger partial charge in [-0.25, -0.2) is 4.79 Å². The van der Waals surface area contributed by atoms with Crippen molar-refractivity contribution in [1.82, 2.24) is 14.7 Å². The largest absolute Gasteiger partial charge is 0.481 e. The van der Waals surface area contributed by atoms with Crippen molar-refractivity contribution in [3.8, 4) is 0 Å². The molecule has 1 atom stereocenters. The van der Waals surface area contributed by atoms with Crippen molar-refractivity contribution >= 4 is 12.0 Å². The lowest BCUT2D eigenvalue weighted by atomic mass is 9.96. The highest BCUT2D eigenvalue weighted by Crippen LogP contribution is 2.20. The van der Waals surface area contributed by atoms with Crippen LogP contribution >= 0.6 is 0 Å². The van der Waals surface area contributed by atoms with Gasteiger partial charge in [-0.05, 0) is 46.7 Å². The summed E-state index contributed by atoms with van der Waals surface area (Å²) in [6, 6.07) is -0.283. The first kappa shape index (κ1) is 17.8. The summed E-state index contributed by atoms with van der Waals surface area (Å²) in [4.78, 5) is 29.1. The van der Waals surface area contributed by atoms with E-state index in [1.165, 1.54) is 0 Å². The van der Waals surface area contributed by atoms with E-state index < -0.39 is 5.97 Å². The molecule has 122 valence electrons. The topological polar surface area (TPSA) is 64.1 Å². The molecule has 6 heteroatoms. The highest BCUT2D eigenvalue weighted by molar-refractivity contribution is 5.76. The minimum atomic E-state index is -0.863. The zero-order chi connectivity index (χ0) is 16.0. The Morgan fingerprint density at radius 1 is 1.29 bits per heavy atom. The average Bonchev–Trinajstić information content (AvgIpc) is 2.38. The molecule has 0 spiro atoms. The molecule has 2 amide bonds. The van der Waals surface area contributed by atoms with Gasteiger partial charge in [0, 0.05) is 32.2 Å². The SMILES string of the molecule is CCN(C(=O)N1CCC(CN(C)C)CC1)C(C)CC(=O)O. The van der Waals surface area contributed by atoms with Crippen LogP contribution in [0, 0.1) is 5.92 Å². The molecule has 21 heavy (non-hydrogen) atoms. The van der Waals surface area contributed by atoms with Crippen LogP contribution in [0.5, 0.6) is 0 Å². The number of amides is 2. The van der Waals surface area contributed by atoms with Crippen LogP contribution in [-0.4, -0.2) is 78.1 Å². The van der Waals surface area contributed by atoms with E-state index >= 15 is 0 Å². The summed E-state index contributed by atoms with van der Waals surface area (Å²) >= 11 is 0. The Labute approximate surface area is 127 Å². The minimum absolute atomic E-state index is 0.00330. The molecule has 0 radical (unpaired) electrons. The summed E-state index contributed by atoms with van der Waals surface area (Å²) < 4.78 is 0. The van der Waals surface area contributed by atoms with Gasteiger partial charge in [-0.15, -0.1) is 0 Å². The molecule has 0 bridgehead atoms. The maximum Gasteiger partial charge on any atom is 0.320 e. The summed E-state index contributed by atoms with van der Waals surface area (Å²) in [6.07, 6.45) is 2.04. The Kier molecular flexibility index (Phi) is 6.95. The average molecular weight is 299 g/mol. The van der Waals surface area contributed by atoms with Gasteiger partial charge in [0.15, 0.2) is 0 Å². The smallest absolute Gasteiger partial charge is 0.320 e. The van der Waals surface area contributed by atoms with E-state index in [0.717, 1.165) is 32.5 Å². The van der Waals surface area contributed by atoms with Gasteiger partial charge in [-0.3, -0.25) is 4.79 Å². The summed E-state index contributed by atoms with van der Waals surface area (Å²) in [7, 11) is 4.15. The monoisotopic (exact) mass is 299 g/mol. The van der Waals surface area contributed by atoms with Crippen molar-refractivity contribution in [1.29, 1.82) is 0 Å². The van der Waals surface area contributed by atoms with Crippen LogP contribution in [0.15, 0.2) is 0 Å². The van der Waals surface area contributed by atoms with Gasteiger partial charge in [0.25, 0.3) is 0 Å². The summed E-state index contributed by atoms with van der Waals surface area (Å²) in [5, 5.41) is 8.88. The Morgan fingerprint density at radius 2 is 1.86 bits per heavy atom. The van der Waals surface area contributed by atoms with Crippen LogP contribution in [0.4, 0.5) is 4.79 Å². The first-order chi connectivity index (χ1) is 9.85. The van der Waals surface area contributed by atoms with Crippen molar-refractivity contribution in [2.24, 2.45) is 5.92 Å². The van der Waals surface area contributed by atoms with Gasteiger partial charge in [0.1, 0.15) is 0 Å². The second-order valence-corrected chi connectivity index (χ2v) is 6.21. The van der Waals surface area contributed by atoms with Crippen LogP contribution in [0.2, 0.25) is 0 Å². The highest BCUT2D eigenvalue weighted by atomic mass is 16.4. The molecular weight excluding hydrogens is 270 g/mol. The second kappa shape index (κ2) is 8.22. The molecule has 1 aliphatic rings. The normalized spacial score (nSPS) is 17.9. The second-order valence-electron chi connectivity index (χ2n) is 6.21. The molecule has 1 saturated heterocycles. The molecule has 0 aromatic heterocycles. The lowest BCUT2D eigenvalue weighted by Gasteiger charge is -2.38. The predicted octanol–water partition coefficient (Wildman–Crippen LogP) is 1.57. The van der Waals surface area contributed by atoms with Crippen LogP contribution in [0.1, 0.15) is 33.1 Å². The zero-order valence-electron chi connectivity index (χ0n) is 13.7. The number of likely N-dealkylation sites (tertiary alicyclic amines) is 1. The standard InChI is InChI=1S/C15H29N3O3/c1-5-18(12(2)10-14(19)20)15(21)17-8-6-13(7-9-17)11-16(3)4/h12-13H,5-11H2,1-4H3,(H,19,20). The van der Waals surface area contributed by atoms with Crippen LogP contribution < -0.4 is 0 Å². The number of piperidine rings is 1. The van der Waals surface area contributed by atoms with Gasteiger partial charge < -0.3 is 19.8 Å². The number of aliphatic carboxylic acids is 1. The van der Waals surface area contributed by atoms with Crippen molar-refractivity contribution in [2.75, 3.05) is 40.3 Å². The van der Waals surface area contributed by atoms with Crippen LogP contribution in [0.3, 0.4) is 0 Å². The summed E-state index contributed by atoms with van der Waals surface area (Å²) in [6.45, 7) is 6.85. The number of rotatable bonds is 6. The fraction of sp³-hybridized carbons (Fsp3) is 0.867. The Balaban J connectivity index is 2.52. The van der Waals surface area contributed by atoms with E-state index in [1.807, 2.05) is 11.8 Å². The van der Waals surface area contributed by atoms with Gasteiger partial charge in [-0.1, -0.05) is 0 Å². The van der Waals surface area contributed by atoms with Crippen molar-refractivity contribution in [2.45, 2.75) is 39.2 Å². The molecule has 6 nitrogen and oxygen atoms in total. The van der Waals surface area contributed by atoms with Gasteiger partial charge >= 0.3 is 12.0 Å². The third kappa shape index (κ3) is 5.53. The Bertz CT molecular complexity index is 352. The predicted molar refractivity (Wildman–Crippen MR) is 82.3 cm³/mol. The molecule has 1 unspecified atom stereocenters. The zero-order valence-corrected chi connectivity index (χ0v) is 13.7. The molecule has 0 aliphatic carbocycles. The number of urea groups is 1. The van der Waals surface area contributed by atoms with E-state index in [0.29, 0.717) is 12.5 Å². The molecule has 0 aromatic rings. The molecule has 1 rings (SSSR count). The Hall–Kier alpha value is -1.30. The van der Waals surface area contributed by atoms with Crippen molar-refractivity contribution in [3.05, 3.63) is 0 Å². The first-order valence-electron chi connectivity index (χ1n) is 7.77. The minimum Gasteiger partial charge on any atom is -0.481 e. The third-order valence-electron chi connectivity index (χ3n) is 4.10. The number of carbonyl (C=O) groups excluding carboxylic acids is 1. The number of carbonyl (C=O) groups is 2. The van der Waals surface area contributed by atoms with E-state index in [1.54, 1.807) is 11.8 Å².